The Hall–Kier alpha value is -8.28. The quantitative estimate of drug-likeness (QED) is 0.129. The molecule has 0 amide bonds. The molecule has 0 radical (unpaired) electrons. The molecule has 13 rings (SSSR count). The Morgan fingerprint density at radius 2 is 0.457 bits per heavy atom. The summed E-state index contributed by atoms with van der Waals surface area (Å²) in [6, 6.07) is 109. The number of benzene rings is 11. The highest BCUT2D eigenvalue weighted by molar-refractivity contribution is 8.34. The van der Waals surface area contributed by atoms with Crippen LogP contribution in [-0.4, -0.2) is 9.13 Å². The first-order valence-corrected chi connectivity index (χ1v) is 27.2. The van der Waals surface area contributed by atoms with Gasteiger partial charge in [-0.25, -0.2) is 0 Å². The van der Waals surface area contributed by atoms with Gasteiger partial charge in [-0.3, -0.25) is 0 Å². The minimum absolute atomic E-state index is 1.11. The molecular weight excluding hydrogens is 885 g/mol. The van der Waals surface area contributed by atoms with Crippen molar-refractivity contribution in [3.8, 4) is 11.4 Å². The molecule has 13 aromatic rings. The van der Waals surface area contributed by atoms with Crippen LogP contribution in [0.5, 0.6) is 0 Å². The molecule has 0 aliphatic heterocycles. The van der Waals surface area contributed by atoms with E-state index in [1.165, 1.54) is 71.7 Å². The van der Waals surface area contributed by atoms with Crippen molar-refractivity contribution in [2.24, 2.45) is 0 Å². The normalized spacial score (nSPS) is 12.5. The monoisotopic (exact) mass is 932 g/mol. The topological polar surface area (TPSA) is 9.86 Å². The summed E-state index contributed by atoms with van der Waals surface area (Å²) in [7, 11) is -3.96. The maximum atomic E-state index is 2.54. The van der Waals surface area contributed by atoms with E-state index in [9.17, 15) is 0 Å². The van der Waals surface area contributed by atoms with E-state index in [0.29, 0.717) is 0 Å². The van der Waals surface area contributed by atoms with Crippen LogP contribution in [0.1, 0.15) is 0 Å². The first kappa shape index (κ1) is 41.9. The zero-order chi connectivity index (χ0) is 46.5. The molecule has 0 spiro atoms. The van der Waals surface area contributed by atoms with E-state index in [4.69, 9.17) is 0 Å². The van der Waals surface area contributed by atoms with Crippen LogP contribution in [0.4, 0.5) is 0 Å². The molecule has 11 aromatic carbocycles. The molecule has 0 bridgehead atoms. The van der Waals surface area contributed by atoms with Crippen molar-refractivity contribution < 1.29 is 0 Å². The molecule has 0 aliphatic rings. The molecule has 0 aliphatic carbocycles. The van der Waals surface area contributed by atoms with Gasteiger partial charge in [0.05, 0.1) is 22.1 Å². The number of fused-ring (bicyclic) bond motifs is 6. The highest BCUT2D eigenvalue weighted by atomic mass is 32.3. The molecule has 0 fully saturated rings. The highest BCUT2D eigenvalue weighted by Gasteiger charge is 2.36. The number of para-hydroxylation sites is 2. The average Bonchev–Trinajstić information content (AvgIpc) is 3.96. The van der Waals surface area contributed by atoms with E-state index in [1.54, 1.807) is 0 Å². The zero-order valence-corrected chi connectivity index (χ0v) is 40.1. The largest absolute Gasteiger partial charge is 0.309 e. The fraction of sp³-hybridized carbons (Fsp3) is 0. The molecule has 334 valence electrons. The second kappa shape index (κ2) is 17.4. The first-order valence-electron chi connectivity index (χ1n) is 23.9. The van der Waals surface area contributed by atoms with Gasteiger partial charge in [0, 0.05) is 72.1 Å². The van der Waals surface area contributed by atoms with E-state index >= 15 is 0 Å². The van der Waals surface area contributed by atoms with Crippen LogP contribution in [0, 0.1) is 0 Å². The van der Waals surface area contributed by atoms with Crippen molar-refractivity contribution in [1.29, 1.82) is 0 Å². The van der Waals surface area contributed by atoms with Gasteiger partial charge in [-0.15, -0.1) is 20.1 Å². The molecule has 0 unspecified atom stereocenters. The molecule has 2 heterocycles. The molecule has 4 heteroatoms. The summed E-state index contributed by atoms with van der Waals surface area (Å²) in [4.78, 5) is 10.4. The summed E-state index contributed by atoms with van der Waals surface area (Å²) in [5, 5.41) is 4.95. The molecular formula is C66H48N2S2. The van der Waals surface area contributed by atoms with Gasteiger partial charge in [-0.1, -0.05) is 152 Å². The van der Waals surface area contributed by atoms with Gasteiger partial charge in [-0.2, -0.15) is 0 Å². The third-order valence-corrected chi connectivity index (χ3v) is 21.7. The third kappa shape index (κ3) is 6.52. The van der Waals surface area contributed by atoms with Crippen molar-refractivity contribution in [1.82, 2.24) is 9.13 Å². The van der Waals surface area contributed by atoms with Crippen molar-refractivity contribution in [2.45, 2.75) is 39.2 Å². The highest BCUT2D eigenvalue weighted by Crippen LogP contribution is 2.75. The van der Waals surface area contributed by atoms with Crippen molar-refractivity contribution in [2.75, 3.05) is 0 Å². The molecule has 0 saturated carbocycles. The van der Waals surface area contributed by atoms with E-state index in [0.717, 1.165) is 22.4 Å². The van der Waals surface area contributed by atoms with Crippen LogP contribution in [0.25, 0.3) is 55.0 Å². The van der Waals surface area contributed by atoms with Crippen LogP contribution in [0.3, 0.4) is 0 Å². The van der Waals surface area contributed by atoms with Crippen LogP contribution in [0.2, 0.25) is 0 Å². The third-order valence-electron chi connectivity index (χ3n) is 13.9. The Bertz CT molecular complexity index is 3550. The van der Waals surface area contributed by atoms with Crippen molar-refractivity contribution in [3.05, 3.63) is 291 Å². The maximum Gasteiger partial charge on any atom is 0.0541 e. The predicted molar refractivity (Wildman–Crippen MR) is 295 cm³/mol. The second-order valence-electron chi connectivity index (χ2n) is 17.7. The minimum atomic E-state index is -1.98. The average molecular weight is 933 g/mol. The summed E-state index contributed by atoms with van der Waals surface area (Å²) < 4.78 is 4.93. The molecule has 2 nitrogen and oxygen atoms in total. The molecule has 0 saturated heterocycles. The lowest BCUT2D eigenvalue weighted by Crippen LogP contribution is -2.05. The molecule has 2 aromatic heterocycles. The number of aromatic nitrogens is 2. The second-order valence-corrected chi connectivity index (χ2v) is 23.9. The Balaban J connectivity index is 1.14. The molecule has 0 atom stereocenters. The summed E-state index contributed by atoms with van der Waals surface area (Å²) in [5.74, 6) is 0. The van der Waals surface area contributed by atoms with E-state index < -0.39 is 20.1 Å². The lowest BCUT2D eigenvalue weighted by atomic mass is 10.1. The maximum absolute atomic E-state index is 2.54. The SMILES string of the molecule is c1ccc(S(c2ccccc2)(c2ccccc2)c2ccc3c(c2)c2cc(S(c4ccccc4)(c4ccccc4)c4ccccc4)ccc2n3-c2cccc(-n3c4ccccc4c4ccccc43)c2)cc1. The van der Waals surface area contributed by atoms with Crippen LogP contribution < -0.4 is 0 Å². The standard InChI is InChI=1S/C66H48N2S2/c1-7-26-51(27-8-1)69(52-28-9-2-10-29-52,53-30-11-3-12-31-53)57-42-44-65-61(47-57)62-48-58(70(54-32-13-4-14-33-54,55-34-15-5-16-35-55)56-36-17-6-18-37-56)43-45-66(62)68(65)50-25-23-24-49(46-50)67-63-40-21-19-38-59(63)60-39-20-22-41-64(60)67/h1-48H. The van der Waals surface area contributed by atoms with Gasteiger partial charge in [0.25, 0.3) is 0 Å². The number of hydrogen-bond acceptors (Lipinski definition) is 0. The van der Waals surface area contributed by atoms with E-state index in [1.807, 2.05) is 0 Å². The smallest absolute Gasteiger partial charge is 0.0541 e. The Kier molecular flexibility index (Phi) is 10.4. The summed E-state index contributed by atoms with van der Waals surface area (Å²) >= 11 is 0. The van der Waals surface area contributed by atoms with Crippen LogP contribution in [-0.2, 0) is 0 Å². The number of nitrogens with zero attached hydrogens (tertiary/aromatic N) is 2. The summed E-state index contributed by atoms with van der Waals surface area (Å²) in [5.41, 5.74) is 6.96. The Morgan fingerprint density at radius 1 is 0.186 bits per heavy atom. The lowest BCUT2D eigenvalue weighted by Gasteiger charge is -2.42. The van der Waals surface area contributed by atoms with Gasteiger partial charge in [0.2, 0.25) is 0 Å². The predicted octanol–water partition coefficient (Wildman–Crippen LogP) is 18.6. The fourth-order valence-electron chi connectivity index (χ4n) is 11.0. The summed E-state index contributed by atoms with van der Waals surface area (Å²) in [6.45, 7) is 0. The number of rotatable bonds is 10. The van der Waals surface area contributed by atoms with Gasteiger partial charge in [0.1, 0.15) is 0 Å². The van der Waals surface area contributed by atoms with Gasteiger partial charge in [0.15, 0.2) is 0 Å². The van der Waals surface area contributed by atoms with Crippen molar-refractivity contribution >= 4 is 63.7 Å². The van der Waals surface area contributed by atoms with Crippen LogP contribution in [0.15, 0.2) is 330 Å². The van der Waals surface area contributed by atoms with Crippen molar-refractivity contribution in [3.63, 3.8) is 0 Å². The molecule has 70 heavy (non-hydrogen) atoms. The minimum Gasteiger partial charge on any atom is -0.309 e. The van der Waals surface area contributed by atoms with Gasteiger partial charge < -0.3 is 9.13 Å². The van der Waals surface area contributed by atoms with Gasteiger partial charge >= 0.3 is 0 Å². The van der Waals surface area contributed by atoms with E-state index in [2.05, 4.69) is 300 Å². The fourth-order valence-corrected chi connectivity index (χ4v) is 18.8. The Morgan fingerprint density at radius 3 is 0.771 bits per heavy atom. The van der Waals surface area contributed by atoms with Crippen LogP contribution >= 0.6 is 20.1 Å². The van der Waals surface area contributed by atoms with E-state index in [-0.39, 0.29) is 0 Å². The lowest BCUT2D eigenvalue weighted by molar-refractivity contribution is 1.13. The zero-order valence-electron chi connectivity index (χ0n) is 38.4. The first-order chi connectivity index (χ1) is 34.7. The molecule has 0 N–H and O–H groups in total. The number of hydrogen-bond donors (Lipinski definition) is 0. The Labute approximate surface area is 412 Å². The van der Waals surface area contributed by atoms with Gasteiger partial charge in [-0.05, 0) is 140 Å². The summed E-state index contributed by atoms with van der Waals surface area (Å²) in [6.07, 6.45) is 0.